The van der Waals surface area contributed by atoms with Gasteiger partial charge in [-0.3, -0.25) is 24.0 Å². The standard InChI is InChI=1S/C17H19N3O4/c1-3-24-10-9-11-5-4-6-12-15(11)19(2)17(23)20(12)13-7-8-14(21)18-16(13)22/h4-6,9-10,13H,3,7-8H2,1-2H3,(H,18,21,22). The van der Waals surface area contributed by atoms with Crippen LogP contribution in [0, 0.1) is 0 Å². The summed E-state index contributed by atoms with van der Waals surface area (Å²) in [5.41, 5.74) is 1.93. The molecule has 7 nitrogen and oxygen atoms in total. The fraction of sp³-hybridized carbons (Fsp3) is 0.353. The second-order valence-electron chi connectivity index (χ2n) is 5.65. The molecule has 1 fully saturated rings. The van der Waals surface area contributed by atoms with Crippen LogP contribution in [0.25, 0.3) is 17.1 Å². The van der Waals surface area contributed by atoms with Gasteiger partial charge in [0.25, 0.3) is 0 Å². The molecular formula is C17H19N3O4. The van der Waals surface area contributed by atoms with E-state index in [0.717, 1.165) is 11.1 Å². The van der Waals surface area contributed by atoms with E-state index in [2.05, 4.69) is 5.32 Å². The number of hydrogen-bond acceptors (Lipinski definition) is 4. The van der Waals surface area contributed by atoms with Crippen LogP contribution >= 0.6 is 0 Å². The minimum absolute atomic E-state index is 0.225. The molecule has 0 aliphatic carbocycles. The van der Waals surface area contributed by atoms with Crippen LogP contribution in [0.1, 0.15) is 31.4 Å². The number of imide groups is 1. The van der Waals surface area contributed by atoms with Crippen LogP contribution in [0.2, 0.25) is 0 Å². The molecule has 1 aliphatic heterocycles. The van der Waals surface area contributed by atoms with Gasteiger partial charge in [0.05, 0.1) is 23.9 Å². The van der Waals surface area contributed by atoms with Crippen molar-refractivity contribution in [2.45, 2.75) is 25.8 Å². The van der Waals surface area contributed by atoms with Crippen molar-refractivity contribution in [2.75, 3.05) is 6.61 Å². The smallest absolute Gasteiger partial charge is 0.329 e. The van der Waals surface area contributed by atoms with E-state index in [1.54, 1.807) is 25.5 Å². The van der Waals surface area contributed by atoms with Crippen molar-refractivity contribution >= 4 is 28.9 Å². The number of benzene rings is 1. The first-order valence-corrected chi connectivity index (χ1v) is 7.86. The van der Waals surface area contributed by atoms with E-state index in [-0.39, 0.29) is 18.0 Å². The van der Waals surface area contributed by atoms with E-state index in [1.165, 1.54) is 9.13 Å². The lowest BCUT2D eigenvalue weighted by atomic mass is 10.1. The predicted molar refractivity (Wildman–Crippen MR) is 89.3 cm³/mol. The van der Waals surface area contributed by atoms with Gasteiger partial charge in [0.15, 0.2) is 0 Å². The normalized spacial score (nSPS) is 18.3. The Morgan fingerprint density at radius 2 is 2.12 bits per heavy atom. The zero-order valence-electron chi connectivity index (χ0n) is 13.6. The summed E-state index contributed by atoms with van der Waals surface area (Å²) in [6, 6.07) is 4.84. The summed E-state index contributed by atoms with van der Waals surface area (Å²) in [5, 5.41) is 2.30. The number of nitrogens with zero attached hydrogens (tertiary/aromatic N) is 2. The summed E-state index contributed by atoms with van der Waals surface area (Å²) in [4.78, 5) is 36.2. The molecule has 1 aromatic heterocycles. The molecule has 126 valence electrons. The maximum atomic E-state index is 12.7. The molecular weight excluding hydrogens is 310 g/mol. The Bertz CT molecular complexity index is 891. The molecule has 1 aromatic carbocycles. The Morgan fingerprint density at radius 3 is 2.83 bits per heavy atom. The highest BCUT2D eigenvalue weighted by atomic mass is 16.5. The Labute approximate surface area is 138 Å². The molecule has 24 heavy (non-hydrogen) atoms. The molecule has 2 heterocycles. The van der Waals surface area contributed by atoms with Gasteiger partial charge in [-0.15, -0.1) is 0 Å². The first-order chi connectivity index (χ1) is 11.5. The number of carbonyl (C=O) groups is 2. The monoisotopic (exact) mass is 329 g/mol. The van der Waals surface area contributed by atoms with E-state index in [9.17, 15) is 14.4 Å². The number of aromatic nitrogens is 2. The second-order valence-corrected chi connectivity index (χ2v) is 5.65. The van der Waals surface area contributed by atoms with Crippen LogP contribution in [0.15, 0.2) is 29.3 Å². The number of piperidine rings is 1. The van der Waals surface area contributed by atoms with Gasteiger partial charge in [-0.2, -0.15) is 0 Å². The summed E-state index contributed by atoms with van der Waals surface area (Å²) in [6.45, 7) is 2.45. The fourth-order valence-corrected chi connectivity index (χ4v) is 3.05. The summed E-state index contributed by atoms with van der Waals surface area (Å²) in [5.74, 6) is -0.735. The third-order valence-corrected chi connectivity index (χ3v) is 4.17. The van der Waals surface area contributed by atoms with Crippen LogP contribution in [0.5, 0.6) is 0 Å². The Morgan fingerprint density at radius 1 is 1.33 bits per heavy atom. The molecule has 1 N–H and O–H groups in total. The number of hydrogen-bond donors (Lipinski definition) is 1. The molecule has 0 bridgehead atoms. The van der Waals surface area contributed by atoms with Crippen molar-refractivity contribution in [3.05, 3.63) is 40.5 Å². The van der Waals surface area contributed by atoms with Gasteiger partial charge in [-0.25, -0.2) is 4.79 Å². The molecule has 0 spiro atoms. The Hall–Kier alpha value is -2.83. The molecule has 3 rings (SSSR count). The zero-order chi connectivity index (χ0) is 17.3. The molecule has 1 unspecified atom stereocenters. The van der Waals surface area contributed by atoms with Crippen LogP contribution in [0.3, 0.4) is 0 Å². The summed E-state index contributed by atoms with van der Waals surface area (Å²) in [7, 11) is 1.67. The molecule has 1 atom stereocenters. The number of nitrogens with one attached hydrogen (secondary N) is 1. The lowest BCUT2D eigenvalue weighted by molar-refractivity contribution is -0.135. The quantitative estimate of drug-likeness (QED) is 0.677. The third-order valence-electron chi connectivity index (χ3n) is 4.17. The predicted octanol–water partition coefficient (Wildman–Crippen LogP) is 1.32. The third kappa shape index (κ3) is 2.62. The van der Waals surface area contributed by atoms with Gasteiger partial charge in [0, 0.05) is 19.0 Å². The number of amides is 2. The van der Waals surface area contributed by atoms with Crippen molar-refractivity contribution < 1.29 is 14.3 Å². The minimum Gasteiger partial charge on any atom is -0.501 e. The number of para-hydroxylation sites is 1. The number of ether oxygens (including phenoxy) is 1. The van der Waals surface area contributed by atoms with Crippen molar-refractivity contribution in [3.8, 4) is 0 Å². The van der Waals surface area contributed by atoms with Crippen molar-refractivity contribution in [3.63, 3.8) is 0 Å². The van der Waals surface area contributed by atoms with Gasteiger partial charge in [-0.05, 0) is 25.5 Å². The second kappa shape index (κ2) is 6.35. The van der Waals surface area contributed by atoms with Crippen LogP contribution < -0.4 is 11.0 Å². The van der Waals surface area contributed by atoms with E-state index in [4.69, 9.17) is 4.74 Å². The van der Waals surface area contributed by atoms with Crippen molar-refractivity contribution in [1.29, 1.82) is 0 Å². The Balaban J connectivity index is 2.15. The average Bonchev–Trinajstić information content (AvgIpc) is 2.81. The molecule has 2 aromatic rings. The van der Waals surface area contributed by atoms with Crippen LogP contribution in [-0.4, -0.2) is 27.6 Å². The number of aryl methyl sites for hydroxylation is 1. The summed E-state index contributed by atoms with van der Waals surface area (Å²) >= 11 is 0. The Kier molecular flexibility index (Phi) is 4.24. The first kappa shape index (κ1) is 16.0. The van der Waals surface area contributed by atoms with Gasteiger partial charge in [-0.1, -0.05) is 12.1 Å². The van der Waals surface area contributed by atoms with Crippen molar-refractivity contribution in [2.24, 2.45) is 7.05 Å². The summed E-state index contributed by atoms with van der Waals surface area (Å²) < 4.78 is 8.22. The summed E-state index contributed by atoms with van der Waals surface area (Å²) in [6.07, 6.45) is 3.93. The number of fused-ring (bicyclic) bond motifs is 1. The van der Waals surface area contributed by atoms with Gasteiger partial charge < -0.3 is 4.74 Å². The molecule has 0 saturated carbocycles. The van der Waals surface area contributed by atoms with Crippen LogP contribution in [0.4, 0.5) is 0 Å². The van der Waals surface area contributed by atoms with Crippen molar-refractivity contribution in [1.82, 2.24) is 14.5 Å². The maximum absolute atomic E-state index is 12.7. The largest absolute Gasteiger partial charge is 0.501 e. The molecule has 1 saturated heterocycles. The van der Waals surface area contributed by atoms with E-state index < -0.39 is 11.9 Å². The molecule has 0 radical (unpaired) electrons. The van der Waals surface area contributed by atoms with E-state index in [1.807, 2.05) is 19.1 Å². The molecule has 2 amide bonds. The van der Waals surface area contributed by atoms with Gasteiger partial charge in [0.1, 0.15) is 6.04 Å². The maximum Gasteiger partial charge on any atom is 0.329 e. The topological polar surface area (TPSA) is 82.3 Å². The minimum atomic E-state index is -0.676. The molecule has 7 heteroatoms. The number of imidazole rings is 1. The van der Waals surface area contributed by atoms with E-state index in [0.29, 0.717) is 18.5 Å². The average molecular weight is 329 g/mol. The first-order valence-electron chi connectivity index (χ1n) is 7.86. The number of carbonyl (C=O) groups excluding carboxylic acids is 2. The zero-order valence-corrected chi connectivity index (χ0v) is 13.6. The SMILES string of the molecule is CCOC=Cc1cccc2c1n(C)c(=O)n2C1CCC(=O)NC1=O. The highest BCUT2D eigenvalue weighted by Gasteiger charge is 2.31. The highest BCUT2D eigenvalue weighted by Crippen LogP contribution is 2.25. The lowest BCUT2D eigenvalue weighted by Gasteiger charge is -2.21. The van der Waals surface area contributed by atoms with Crippen LogP contribution in [-0.2, 0) is 21.4 Å². The van der Waals surface area contributed by atoms with E-state index >= 15 is 0 Å². The fourth-order valence-electron chi connectivity index (χ4n) is 3.05. The highest BCUT2D eigenvalue weighted by molar-refractivity contribution is 6.00. The lowest BCUT2D eigenvalue weighted by Crippen LogP contribution is -2.44. The number of rotatable bonds is 4. The molecule has 1 aliphatic rings. The van der Waals surface area contributed by atoms with Gasteiger partial charge >= 0.3 is 5.69 Å². The van der Waals surface area contributed by atoms with Gasteiger partial charge in [0.2, 0.25) is 11.8 Å².